The zero-order chi connectivity index (χ0) is 29.6. The normalized spacial score (nSPS) is 14.1. The van der Waals surface area contributed by atoms with Crippen molar-refractivity contribution in [1.82, 2.24) is 23.6 Å². The minimum Gasteiger partial charge on any atom is -0.587 e. The molecule has 1 aliphatic heterocycles. The summed E-state index contributed by atoms with van der Waals surface area (Å²) in [6.45, 7) is 6.49. The van der Waals surface area contributed by atoms with Crippen molar-refractivity contribution in [2.45, 2.75) is 44.2 Å². The SMILES string of the molecule is Cn1cc(-c2cc3c(Nc4ccc5c(c4)CN(C(=O)OC(C)(C)C)CC5)c(F)cnc3n2[S+]([O-])c2ccccc2)cn1. The summed E-state index contributed by atoms with van der Waals surface area (Å²) in [5.74, 6) is -0.545. The maximum atomic E-state index is 15.4. The molecule has 2 aromatic carbocycles. The third-order valence-corrected chi connectivity index (χ3v) is 8.37. The lowest BCUT2D eigenvalue weighted by molar-refractivity contribution is 0.0224. The highest BCUT2D eigenvalue weighted by molar-refractivity contribution is 7.90. The molecule has 1 N–H and O–H groups in total. The Kier molecular flexibility index (Phi) is 7.15. The van der Waals surface area contributed by atoms with Crippen LogP contribution in [0.15, 0.2) is 78.1 Å². The van der Waals surface area contributed by atoms with Crippen molar-refractivity contribution in [3.63, 3.8) is 0 Å². The van der Waals surface area contributed by atoms with E-state index in [2.05, 4.69) is 15.4 Å². The Hall–Kier alpha value is -4.35. The Balaban J connectivity index is 1.39. The standard InChI is InChI=1S/C31H31FN6O3S/c1-31(2,3)41-30(39)37-13-12-20-10-11-23(14-21(20)19-37)35-28-25-15-27(22-16-34-36(4)18-22)38(29(25)33-17-26(28)32)42(40)24-8-6-5-7-9-24/h5-11,14-18H,12-13,19H2,1-4H3,(H,33,35). The molecule has 1 amide bonds. The number of hydrogen-bond acceptors (Lipinski definition) is 6. The molecule has 1 aliphatic rings. The van der Waals surface area contributed by atoms with E-state index in [4.69, 9.17) is 4.74 Å². The third-order valence-electron chi connectivity index (χ3n) is 6.99. The molecule has 1 unspecified atom stereocenters. The van der Waals surface area contributed by atoms with Crippen LogP contribution in [0, 0.1) is 5.82 Å². The van der Waals surface area contributed by atoms with Crippen molar-refractivity contribution in [3.05, 3.63) is 90.1 Å². The number of carbonyl (C=O) groups is 1. The van der Waals surface area contributed by atoms with Gasteiger partial charge in [-0.1, -0.05) is 24.3 Å². The van der Waals surface area contributed by atoms with Gasteiger partial charge in [-0.3, -0.25) is 4.68 Å². The van der Waals surface area contributed by atoms with E-state index >= 15 is 4.39 Å². The smallest absolute Gasteiger partial charge is 0.410 e. The Morgan fingerprint density at radius 3 is 2.60 bits per heavy atom. The van der Waals surface area contributed by atoms with E-state index in [1.54, 1.807) is 45.0 Å². The summed E-state index contributed by atoms with van der Waals surface area (Å²) in [6.07, 6.45) is 4.97. The lowest BCUT2D eigenvalue weighted by Gasteiger charge is -2.31. The summed E-state index contributed by atoms with van der Waals surface area (Å²) in [5.41, 5.74) is 4.07. The lowest BCUT2D eigenvalue weighted by atomic mass is 9.99. The monoisotopic (exact) mass is 586 g/mol. The van der Waals surface area contributed by atoms with Crippen LogP contribution in [0.2, 0.25) is 0 Å². The van der Waals surface area contributed by atoms with Crippen molar-refractivity contribution >= 4 is 39.9 Å². The molecular formula is C31H31FN6O3S. The number of nitrogens with zero attached hydrogens (tertiary/aromatic N) is 5. The largest absolute Gasteiger partial charge is 0.587 e. The second-order valence-electron chi connectivity index (χ2n) is 11.3. The molecule has 9 nitrogen and oxygen atoms in total. The fourth-order valence-electron chi connectivity index (χ4n) is 5.05. The van der Waals surface area contributed by atoms with Crippen molar-refractivity contribution in [1.29, 1.82) is 0 Å². The zero-order valence-electron chi connectivity index (χ0n) is 23.8. The Labute approximate surface area is 246 Å². The van der Waals surface area contributed by atoms with E-state index < -0.39 is 22.8 Å². The Morgan fingerprint density at radius 1 is 1.10 bits per heavy atom. The molecule has 0 saturated heterocycles. The van der Waals surface area contributed by atoms with Gasteiger partial charge in [-0.2, -0.15) is 5.10 Å². The number of anilines is 2. The Bertz CT molecular complexity index is 1780. The number of fused-ring (bicyclic) bond motifs is 2. The molecule has 0 aliphatic carbocycles. The van der Waals surface area contributed by atoms with Gasteiger partial charge in [0.25, 0.3) is 0 Å². The molecule has 4 heterocycles. The van der Waals surface area contributed by atoms with E-state index in [9.17, 15) is 9.35 Å². The molecule has 0 saturated carbocycles. The maximum Gasteiger partial charge on any atom is 0.410 e. The minimum atomic E-state index is -1.65. The molecule has 6 rings (SSSR count). The van der Waals surface area contributed by atoms with Gasteiger partial charge in [-0.15, -0.1) is 3.97 Å². The van der Waals surface area contributed by atoms with Gasteiger partial charge >= 0.3 is 6.09 Å². The van der Waals surface area contributed by atoms with Gasteiger partial charge in [-0.25, -0.2) is 14.2 Å². The number of aryl methyl sites for hydroxylation is 1. The van der Waals surface area contributed by atoms with E-state index in [0.717, 1.165) is 22.9 Å². The Morgan fingerprint density at radius 2 is 1.88 bits per heavy atom. The first kappa shape index (κ1) is 27.8. The molecule has 11 heteroatoms. The van der Waals surface area contributed by atoms with Gasteiger partial charge in [0.2, 0.25) is 0 Å². The van der Waals surface area contributed by atoms with Crippen molar-refractivity contribution < 1.29 is 18.5 Å². The number of benzene rings is 2. The second-order valence-corrected chi connectivity index (χ2v) is 12.6. The van der Waals surface area contributed by atoms with Gasteiger partial charge in [0.05, 0.1) is 23.5 Å². The van der Waals surface area contributed by atoms with E-state index in [0.29, 0.717) is 46.8 Å². The summed E-state index contributed by atoms with van der Waals surface area (Å²) in [5, 5.41) is 8.00. The number of halogens is 1. The second kappa shape index (κ2) is 10.8. The molecule has 0 radical (unpaired) electrons. The first-order valence-corrected chi connectivity index (χ1v) is 14.7. The number of ether oxygens (including phenoxy) is 1. The highest BCUT2D eigenvalue weighted by Crippen LogP contribution is 2.37. The van der Waals surface area contributed by atoms with E-state index in [1.165, 1.54) is 0 Å². The van der Waals surface area contributed by atoms with Crippen LogP contribution in [0.4, 0.5) is 20.6 Å². The molecule has 42 heavy (non-hydrogen) atoms. The number of aromatic nitrogens is 4. The minimum absolute atomic E-state index is 0.216. The number of amides is 1. The van der Waals surface area contributed by atoms with Crippen LogP contribution in [-0.4, -0.2) is 46.4 Å². The molecular weight excluding hydrogens is 555 g/mol. The van der Waals surface area contributed by atoms with Crippen molar-refractivity contribution in [2.75, 3.05) is 11.9 Å². The molecule has 0 spiro atoms. The third kappa shape index (κ3) is 5.45. The van der Waals surface area contributed by atoms with E-state index in [-0.39, 0.29) is 11.8 Å². The van der Waals surface area contributed by atoms with Crippen LogP contribution < -0.4 is 5.32 Å². The highest BCUT2D eigenvalue weighted by Gasteiger charge is 2.28. The van der Waals surface area contributed by atoms with Gasteiger partial charge in [0.15, 0.2) is 16.4 Å². The average molecular weight is 587 g/mol. The number of pyridine rings is 1. The summed E-state index contributed by atoms with van der Waals surface area (Å²) in [7, 11) is 1.80. The topological polar surface area (TPSA) is 100 Å². The molecule has 5 aromatic rings. The number of nitrogens with one attached hydrogen (secondary N) is 1. The van der Waals surface area contributed by atoms with Gasteiger partial charge in [-0.05, 0) is 68.7 Å². The number of carbonyl (C=O) groups excluding carboxylic acids is 1. The van der Waals surface area contributed by atoms with Crippen LogP contribution in [0.1, 0.15) is 31.9 Å². The first-order valence-electron chi connectivity index (χ1n) is 13.6. The van der Waals surface area contributed by atoms with E-state index in [1.807, 2.05) is 63.4 Å². The average Bonchev–Trinajstić information content (AvgIpc) is 3.57. The van der Waals surface area contributed by atoms with Crippen LogP contribution in [0.3, 0.4) is 0 Å². The maximum absolute atomic E-state index is 15.4. The molecule has 1 atom stereocenters. The summed E-state index contributed by atoms with van der Waals surface area (Å²) in [4.78, 5) is 19.4. The predicted octanol–water partition coefficient (Wildman–Crippen LogP) is 6.18. The lowest BCUT2D eigenvalue weighted by Crippen LogP contribution is -2.39. The molecule has 0 bridgehead atoms. The van der Waals surface area contributed by atoms with Crippen LogP contribution in [0.25, 0.3) is 22.3 Å². The summed E-state index contributed by atoms with van der Waals surface area (Å²) >= 11 is -1.65. The van der Waals surface area contributed by atoms with Crippen molar-refractivity contribution in [3.8, 4) is 11.3 Å². The predicted molar refractivity (Wildman–Crippen MR) is 160 cm³/mol. The van der Waals surface area contributed by atoms with Crippen LogP contribution in [0.5, 0.6) is 0 Å². The summed E-state index contributed by atoms with van der Waals surface area (Å²) in [6, 6.07) is 16.7. The van der Waals surface area contributed by atoms with Crippen molar-refractivity contribution in [2.24, 2.45) is 7.05 Å². The molecule has 216 valence electrons. The van der Waals surface area contributed by atoms with Gasteiger partial charge in [0.1, 0.15) is 22.7 Å². The number of hydrogen-bond donors (Lipinski definition) is 1. The van der Waals surface area contributed by atoms with Gasteiger partial charge in [0, 0.05) is 37.6 Å². The zero-order valence-corrected chi connectivity index (χ0v) is 24.6. The summed E-state index contributed by atoms with van der Waals surface area (Å²) < 4.78 is 38.1. The number of rotatable bonds is 5. The fourth-order valence-corrected chi connectivity index (χ4v) is 6.29. The fraction of sp³-hybridized carbons (Fsp3) is 0.258. The van der Waals surface area contributed by atoms with Gasteiger partial charge < -0.3 is 19.5 Å². The van der Waals surface area contributed by atoms with Crippen LogP contribution in [-0.2, 0) is 36.1 Å². The molecule has 0 fully saturated rings. The van der Waals surface area contributed by atoms with Crippen LogP contribution >= 0.6 is 0 Å². The first-order chi connectivity index (χ1) is 20.1. The quantitative estimate of drug-likeness (QED) is 0.247. The molecule has 3 aromatic heterocycles. The highest BCUT2D eigenvalue weighted by atomic mass is 32.2.